The first-order valence-electron chi connectivity index (χ1n) is 6.37. The van der Waals surface area contributed by atoms with Gasteiger partial charge in [0.25, 0.3) is 0 Å². The zero-order valence-electron chi connectivity index (χ0n) is 11.2. The van der Waals surface area contributed by atoms with Crippen LogP contribution in [0.5, 0.6) is 0 Å². The number of benzene rings is 1. The molecule has 0 N–H and O–H groups in total. The Morgan fingerprint density at radius 3 is 2.15 bits per heavy atom. The summed E-state index contributed by atoms with van der Waals surface area (Å²) in [6.45, 7) is 4.32. The SMILES string of the molecule is C[C@@H]1C[C@@H](C)CN(S(=O)(=O)c2ccc(F)c(F)c2F)C1. The molecule has 1 heterocycles. The molecule has 0 amide bonds. The summed E-state index contributed by atoms with van der Waals surface area (Å²) in [7, 11) is -4.15. The Bertz CT molecular complexity index is 608. The Morgan fingerprint density at radius 1 is 1.05 bits per heavy atom. The van der Waals surface area contributed by atoms with Crippen molar-refractivity contribution < 1.29 is 21.6 Å². The van der Waals surface area contributed by atoms with Gasteiger partial charge in [0.2, 0.25) is 10.0 Å². The minimum absolute atomic E-state index is 0.141. The summed E-state index contributed by atoms with van der Waals surface area (Å²) in [5.41, 5.74) is 0. The molecule has 1 fully saturated rings. The maximum atomic E-state index is 13.7. The molecule has 1 aliphatic heterocycles. The lowest BCUT2D eigenvalue weighted by Crippen LogP contribution is -2.42. The fourth-order valence-electron chi connectivity index (χ4n) is 2.65. The fourth-order valence-corrected chi connectivity index (χ4v) is 4.38. The summed E-state index contributed by atoms with van der Waals surface area (Å²) in [6, 6.07) is 1.40. The first-order chi connectivity index (χ1) is 9.23. The maximum Gasteiger partial charge on any atom is 0.246 e. The summed E-state index contributed by atoms with van der Waals surface area (Å²) in [5.74, 6) is -4.54. The first kappa shape index (κ1) is 15.3. The summed E-state index contributed by atoms with van der Waals surface area (Å²) in [4.78, 5) is -0.808. The van der Waals surface area contributed by atoms with E-state index in [1.165, 1.54) is 0 Å². The van der Waals surface area contributed by atoms with Gasteiger partial charge in [-0.25, -0.2) is 21.6 Å². The topological polar surface area (TPSA) is 37.4 Å². The molecule has 1 aromatic carbocycles. The van der Waals surface area contributed by atoms with Gasteiger partial charge >= 0.3 is 0 Å². The highest BCUT2D eigenvalue weighted by Crippen LogP contribution is 2.28. The van der Waals surface area contributed by atoms with Crippen LogP contribution in [0.1, 0.15) is 20.3 Å². The zero-order chi connectivity index (χ0) is 15.1. The molecule has 0 unspecified atom stereocenters. The second-order valence-corrected chi connectivity index (χ2v) is 7.35. The number of nitrogens with zero attached hydrogens (tertiary/aromatic N) is 1. The molecule has 0 aromatic heterocycles. The van der Waals surface area contributed by atoms with Gasteiger partial charge in [-0.1, -0.05) is 13.8 Å². The van der Waals surface area contributed by atoms with Crippen LogP contribution in [0.15, 0.2) is 17.0 Å². The van der Waals surface area contributed by atoms with Crippen LogP contribution in [0.3, 0.4) is 0 Å². The van der Waals surface area contributed by atoms with Crippen LogP contribution in [0.4, 0.5) is 13.2 Å². The quantitative estimate of drug-likeness (QED) is 0.788. The monoisotopic (exact) mass is 307 g/mol. The molecule has 112 valence electrons. The Labute approximate surface area is 116 Å². The second kappa shape index (κ2) is 5.37. The molecule has 0 saturated carbocycles. The van der Waals surface area contributed by atoms with Gasteiger partial charge in [-0.2, -0.15) is 4.31 Å². The standard InChI is InChI=1S/C13H16F3NO2S/c1-8-5-9(2)7-17(6-8)20(18,19)11-4-3-10(14)12(15)13(11)16/h3-4,8-9H,5-7H2,1-2H3/t8-,9-/m1/s1. The van der Waals surface area contributed by atoms with Gasteiger partial charge in [-0.05, 0) is 30.4 Å². The third-order valence-corrected chi connectivity index (χ3v) is 5.30. The zero-order valence-corrected chi connectivity index (χ0v) is 12.1. The first-order valence-corrected chi connectivity index (χ1v) is 7.81. The fraction of sp³-hybridized carbons (Fsp3) is 0.538. The molecule has 7 heteroatoms. The van der Waals surface area contributed by atoms with Gasteiger partial charge in [-0.15, -0.1) is 0 Å². The van der Waals surface area contributed by atoms with Crippen molar-refractivity contribution in [2.75, 3.05) is 13.1 Å². The van der Waals surface area contributed by atoms with E-state index in [-0.39, 0.29) is 24.9 Å². The lowest BCUT2D eigenvalue weighted by molar-refractivity contribution is 0.222. The van der Waals surface area contributed by atoms with Crippen molar-refractivity contribution in [2.45, 2.75) is 25.2 Å². The van der Waals surface area contributed by atoms with Crippen molar-refractivity contribution in [3.8, 4) is 0 Å². The predicted octanol–water partition coefficient (Wildman–Crippen LogP) is 2.77. The van der Waals surface area contributed by atoms with Crippen LogP contribution in [-0.4, -0.2) is 25.8 Å². The molecule has 1 saturated heterocycles. The van der Waals surface area contributed by atoms with Crippen LogP contribution in [0.25, 0.3) is 0 Å². The molecule has 1 aromatic rings. The van der Waals surface area contributed by atoms with Gasteiger partial charge in [-0.3, -0.25) is 0 Å². The van der Waals surface area contributed by atoms with E-state index in [4.69, 9.17) is 0 Å². The normalized spacial score (nSPS) is 24.9. The molecule has 3 nitrogen and oxygen atoms in total. The highest BCUT2D eigenvalue weighted by atomic mass is 32.2. The summed E-state index contributed by atoms with van der Waals surface area (Å²) in [5, 5.41) is 0. The van der Waals surface area contributed by atoms with E-state index in [9.17, 15) is 21.6 Å². The van der Waals surface area contributed by atoms with Gasteiger partial charge < -0.3 is 0 Å². The smallest absolute Gasteiger partial charge is 0.207 e. The number of halogens is 3. The lowest BCUT2D eigenvalue weighted by Gasteiger charge is -2.34. The highest BCUT2D eigenvalue weighted by Gasteiger charge is 2.34. The molecule has 0 bridgehead atoms. The maximum absolute atomic E-state index is 13.7. The average Bonchev–Trinajstić information content (AvgIpc) is 2.34. The minimum atomic E-state index is -4.15. The van der Waals surface area contributed by atoms with Crippen molar-refractivity contribution in [3.05, 3.63) is 29.6 Å². The van der Waals surface area contributed by atoms with Crippen molar-refractivity contribution in [1.82, 2.24) is 4.31 Å². The van der Waals surface area contributed by atoms with Crippen LogP contribution in [0, 0.1) is 29.3 Å². The van der Waals surface area contributed by atoms with Crippen molar-refractivity contribution >= 4 is 10.0 Å². The molecule has 1 aliphatic rings. The van der Waals surface area contributed by atoms with E-state index >= 15 is 0 Å². The number of rotatable bonds is 2. The number of hydrogen-bond donors (Lipinski definition) is 0. The molecule has 0 radical (unpaired) electrons. The van der Waals surface area contributed by atoms with Gasteiger partial charge in [0.05, 0.1) is 0 Å². The molecule has 0 aliphatic carbocycles. The molecule has 0 spiro atoms. The molecular formula is C13H16F3NO2S. The van der Waals surface area contributed by atoms with E-state index in [0.29, 0.717) is 6.07 Å². The molecule has 20 heavy (non-hydrogen) atoms. The average molecular weight is 307 g/mol. The third-order valence-electron chi connectivity index (χ3n) is 3.45. The largest absolute Gasteiger partial charge is 0.246 e. The summed E-state index contributed by atoms with van der Waals surface area (Å²) in [6.07, 6.45) is 0.881. The van der Waals surface area contributed by atoms with E-state index < -0.39 is 32.4 Å². The Kier molecular flexibility index (Phi) is 4.11. The molecular weight excluding hydrogens is 291 g/mol. The van der Waals surface area contributed by atoms with Crippen LogP contribution >= 0.6 is 0 Å². The lowest BCUT2D eigenvalue weighted by atomic mass is 9.94. The third kappa shape index (κ3) is 2.69. The number of hydrogen-bond acceptors (Lipinski definition) is 2. The molecule has 2 rings (SSSR count). The Hall–Kier alpha value is -1.08. The van der Waals surface area contributed by atoms with E-state index in [0.717, 1.165) is 16.8 Å². The van der Waals surface area contributed by atoms with Gasteiger partial charge in [0.1, 0.15) is 4.90 Å². The van der Waals surface area contributed by atoms with Gasteiger partial charge in [0.15, 0.2) is 17.5 Å². The van der Waals surface area contributed by atoms with Crippen molar-refractivity contribution in [3.63, 3.8) is 0 Å². The van der Waals surface area contributed by atoms with E-state index in [1.54, 1.807) is 0 Å². The van der Waals surface area contributed by atoms with E-state index in [2.05, 4.69) is 0 Å². The number of sulfonamides is 1. The Morgan fingerprint density at radius 2 is 1.60 bits per heavy atom. The molecule has 2 atom stereocenters. The summed E-state index contributed by atoms with van der Waals surface area (Å²) >= 11 is 0. The highest BCUT2D eigenvalue weighted by molar-refractivity contribution is 7.89. The van der Waals surface area contributed by atoms with E-state index in [1.807, 2.05) is 13.8 Å². The predicted molar refractivity (Wildman–Crippen MR) is 68.0 cm³/mol. The summed E-state index contributed by atoms with van der Waals surface area (Å²) < 4.78 is 65.6. The minimum Gasteiger partial charge on any atom is -0.207 e. The van der Waals surface area contributed by atoms with Crippen LogP contribution in [-0.2, 0) is 10.0 Å². The van der Waals surface area contributed by atoms with Crippen LogP contribution in [0.2, 0.25) is 0 Å². The Balaban J connectivity index is 2.43. The van der Waals surface area contributed by atoms with Crippen molar-refractivity contribution in [2.24, 2.45) is 11.8 Å². The number of piperidine rings is 1. The van der Waals surface area contributed by atoms with Gasteiger partial charge in [0, 0.05) is 13.1 Å². The van der Waals surface area contributed by atoms with Crippen LogP contribution < -0.4 is 0 Å². The second-order valence-electron chi connectivity index (χ2n) is 5.44. The van der Waals surface area contributed by atoms with Crippen molar-refractivity contribution in [1.29, 1.82) is 0 Å².